The van der Waals surface area contributed by atoms with Gasteiger partial charge in [0.2, 0.25) is 0 Å². The van der Waals surface area contributed by atoms with E-state index in [-0.39, 0.29) is 23.5 Å². The van der Waals surface area contributed by atoms with Crippen LogP contribution in [0.15, 0.2) is 24.3 Å². The number of benzene rings is 1. The molecule has 34 heavy (non-hydrogen) atoms. The van der Waals surface area contributed by atoms with Gasteiger partial charge in [-0.25, -0.2) is 0 Å². The number of halogens is 1. The topological polar surface area (TPSA) is 60.3 Å². The lowest BCUT2D eigenvalue weighted by Crippen LogP contribution is -2.47. The standard InChI is InChI=1S/C28H35ClN2O3/c1-18-25(27(33)30-23-13-24(14-23)34-17-32)15-26(31(18)16-19-6-4-3-5-7-19)20-10-21(12-22(29)11-20)28(2)8-9-28/h10-12,15,17,19,23-24H,3-9,13-14,16H2,1-2H3,(H,30,33). The summed E-state index contributed by atoms with van der Waals surface area (Å²) in [6, 6.07) is 8.52. The Morgan fingerprint density at radius 3 is 2.59 bits per heavy atom. The molecule has 6 heteroatoms. The van der Waals surface area contributed by atoms with E-state index in [9.17, 15) is 9.59 Å². The third-order valence-electron chi connectivity index (χ3n) is 8.35. The highest BCUT2D eigenvalue weighted by Crippen LogP contribution is 2.49. The Hall–Kier alpha value is -2.27. The lowest BCUT2D eigenvalue weighted by molar-refractivity contribution is -0.138. The van der Waals surface area contributed by atoms with E-state index < -0.39 is 0 Å². The summed E-state index contributed by atoms with van der Waals surface area (Å²) in [4.78, 5) is 23.8. The monoisotopic (exact) mass is 482 g/mol. The zero-order valence-electron chi connectivity index (χ0n) is 20.2. The predicted octanol–water partition coefficient (Wildman–Crippen LogP) is 6.18. The maximum atomic E-state index is 13.3. The number of hydrogen-bond donors (Lipinski definition) is 1. The lowest BCUT2D eigenvalue weighted by atomic mass is 9.89. The summed E-state index contributed by atoms with van der Waals surface area (Å²) in [6.07, 6.45) is 10.1. The molecule has 1 amide bonds. The lowest BCUT2D eigenvalue weighted by Gasteiger charge is -2.34. The van der Waals surface area contributed by atoms with Crippen LogP contribution < -0.4 is 5.32 Å². The molecule has 3 aliphatic carbocycles. The van der Waals surface area contributed by atoms with E-state index in [0.717, 1.165) is 34.1 Å². The van der Waals surface area contributed by atoms with E-state index >= 15 is 0 Å². The third-order valence-corrected chi connectivity index (χ3v) is 8.56. The second-order valence-electron chi connectivity index (χ2n) is 10.9. The van der Waals surface area contributed by atoms with Gasteiger partial charge in [-0.05, 0) is 79.3 Å². The van der Waals surface area contributed by atoms with Gasteiger partial charge in [-0.15, -0.1) is 0 Å². The Morgan fingerprint density at radius 1 is 1.18 bits per heavy atom. The molecule has 0 radical (unpaired) electrons. The summed E-state index contributed by atoms with van der Waals surface area (Å²) < 4.78 is 7.35. The van der Waals surface area contributed by atoms with E-state index in [1.807, 2.05) is 6.07 Å². The molecule has 0 bridgehead atoms. The van der Waals surface area contributed by atoms with Crippen molar-refractivity contribution in [3.05, 3.63) is 46.1 Å². The van der Waals surface area contributed by atoms with Crippen LogP contribution in [0.3, 0.4) is 0 Å². The SMILES string of the molecule is Cc1c(C(=O)NC2CC(OC=O)C2)cc(-c2cc(Cl)cc(C3(C)CC3)c2)n1CC1CCCCC1. The molecule has 5 rings (SSSR count). The first-order chi connectivity index (χ1) is 16.4. The predicted molar refractivity (Wildman–Crippen MR) is 134 cm³/mol. The molecule has 3 saturated carbocycles. The Kier molecular flexibility index (Phi) is 6.49. The van der Waals surface area contributed by atoms with Crippen molar-refractivity contribution in [3.8, 4) is 11.3 Å². The molecular formula is C28H35ClN2O3. The second kappa shape index (κ2) is 9.41. The van der Waals surface area contributed by atoms with Gasteiger partial charge in [-0.2, -0.15) is 0 Å². The number of carbonyl (C=O) groups excluding carboxylic acids is 2. The molecule has 0 saturated heterocycles. The van der Waals surface area contributed by atoms with Crippen molar-refractivity contribution in [1.82, 2.24) is 9.88 Å². The molecule has 3 aliphatic rings. The first-order valence-corrected chi connectivity index (χ1v) is 13.2. The van der Waals surface area contributed by atoms with Gasteiger partial charge in [0.25, 0.3) is 12.4 Å². The Morgan fingerprint density at radius 2 is 1.91 bits per heavy atom. The van der Waals surface area contributed by atoms with Gasteiger partial charge in [-0.3, -0.25) is 9.59 Å². The third kappa shape index (κ3) is 4.77. The zero-order chi connectivity index (χ0) is 23.9. The van der Waals surface area contributed by atoms with Crippen LogP contribution in [0.5, 0.6) is 0 Å². The fourth-order valence-corrected chi connectivity index (χ4v) is 5.91. The fraction of sp³-hybridized carbons (Fsp3) is 0.571. The number of amides is 1. The molecule has 2 aromatic rings. The zero-order valence-corrected chi connectivity index (χ0v) is 21.0. The minimum Gasteiger partial charge on any atom is -0.464 e. The molecule has 1 heterocycles. The average Bonchev–Trinajstić information content (AvgIpc) is 3.47. The van der Waals surface area contributed by atoms with Crippen molar-refractivity contribution in [2.75, 3.05) is 0 Å². The molecule has 3 fully saturated rings. The van der Waals surface area contributed by atoms with E-state index in [0.29, 0.717) is 25.2 Å². The van der Waals surface area contributed by atoms with Crippen molar-refractivity contribution in [3.63, 3.8) is 0 Å². The van der Waals surface area contributed by atoms with Gasteiger partial charge in [0.1, 0.15) is 6.10 Å². The maximum Gasteiger partial charge on any atom is 0.293 e. The van der Waals surface area contributed by atoms with Gasteiger partial charge in [0, 0.05) is 41.8 Å². The van der Waals surface area contributed by atoms with Crippen LogP contribution in [-0.2, 0) is 21.5 Å². The number of ether oxygens (including phenoxy) is 1. The highest BCUT2D eigenvalue weighted by Gasteiger charge is 2.39. The van der Waals surface area contributed by atoms with E-state index in [1.165, 1.54) is 50.5 Å². The highest BCUT2D eigenvalue weighted by molar-refractivity contribution is 6.31. The van der Waals surface area contributed by atoms with Gasteiger partial charge in [0.05, 0.1) is 5.56 Å². The van der Waals surface area contributed by atoms with E-state index in [2.05, 4.69) is 41.9 Å². The number of nitrogens with zero attached hydrogens (tertiary/aromatic N) is 1. The second-order valence-corrected chi connectivity index (χ2v) is 11.4. The van der Waals surface area contributed by atoms with Gasteiger partial charge in [0.15, 0.2) is 0 Å². The van der Waals surface area contributed by atoms with Crippen LogP contribution in [0.25, 0.3) is 11.3 Å². The van der Waals surface area contributed by atoms with Crippen LogP contribution in [-0.4, -0.2) is 29.1 Å². The van der Waals surface area contributed by atoms with Crippen LogP contribution in [0.4, 0.5) is 0 Å². The maximum absolute atomic E-state index is 13.3. The summed E-state index contributed by atoms with van der Waals surface area (Å²) in [5.41, 5.74) is 5.43. The van der Waals surface area contributed by atoms with Crippen LogP contribution >= 0.6 is 11.6 Å². The minimum absolute atomic E-state index is 0.0490. The number of nitrogens with one attached hydrogen (secondary N) is 1. The van der Waals surface area contributed by atoms with Crippen LogP contribution in [0, 0.1) is 12.8 Å². The largest absolute Gasteiger partial charge is 0.464 e. The van der Waals surface area contributed by atoms with Gasteiger partial charge >= 0.3 is 0 Å². The molecule has 0 aliphatic heterocycles. The smallest absolute Gasteiger partial charge is 0.293 e. The van der Waals surface area contributed by atoms with E-state index in [1.54, 1.807) is 0 Å². The van der Waals surface area contributed by atoms with Gasteiger partial charge in [-0.1, -0.05) is 37.8 Å². The molecular weight excluding hydrogens is 448 g/mol. The molecule has 0 atom stereocenters. The molecule has 0 unspecified atom stereocenters. The summed E-state index contributed by atoms with van der Waals surface area (Å²) in [7, 11) is 0. The number of rotatable bonds is 8. The Labute approximate surface area is 207 Å². The molecule has 1 aromatic carbocycles. The number of aromatic nitrogens is 1. The number of hydrogen-bond acceptors (Lipinski definition) is 3. The molecule has 5 nitrogen and oxygen atoms in total. The summed E-state index contributed by atoms with van der Waals surface area (Å²) in [5.74, 6) is 0.592. The molecule has 0 spiro atoms. The summed E-state index contributed by atoms with van der Waals surface area (Å²) >= 11 is 6.60. The van der Waals surface area contributed by atoms with Crippen molar-refractivity contribution in [2.45, 2.75) is 95.7 Å². The highest BCUT2D eigenvalue weighted by atomic mass is 35.5. The minimum atomic E-state index is -0.0796. The van der Waals surface area contributed by atoms with E-state index in [4.69, 9.17) is 16.3 Å². The summed E-state index contributed by atoms with van der Waals surface area (Å²) in [5, 5.41) is 3.90. The number of carbonyl (C=O) groups is 2. The Bertz CT molecular complexity index is 1080. The summed E-state index contributed by atoms with van der Waals surface area (Å²) in [6.45, 7) is 5.79. The fourth-order valence-electron chi connectivity index (χ4n) is 5.68. The molecule has 1 aromatic heterocycles. The van der Waals surface area contributed by atoms with Gasteiger partial charge < -0.3 is 14.6 Å². The van der Waals surface area contributed by atoms with Crippen LogP contribution in [0.1, 0.15) is 86.3 Å². The quantitative estimate of drug-likeness (QED) is 0.457. The van der Waals surface area contributed by atoms with Crippen molar-refractivity contribution < 1.29 is 14.3 Å². The average molecular weight is 483 g/mol. The Balaban J connectivity index is 1.45. The molecule has 182 valence electrons. The van der Waals surface area contributed by atoms with Crippen molar-refractivity contribution >= 4 is 24.0 Å². The first-order valence-electron chi connectivity index (χ1n) is 12.8. The van der Waals surface area contributed by atoms with Crippen LogP contribution in [0.2, 0.25) is 5.02 Å². The molecule has 1 N–H and O–H groups in total. The first kappa shape index (κ1) is 23.5. The van der Waals surface area contributed by atoms with Crippen molar-refractivity contribution in [2.24, 2.45) is 5.92 Å². The van der Waals surface area contributed by atoms with Crippen molar-refractivity contribution in [1.29, 1.82) is 0 Å². The normalized spacial score (nSPS) is 23.7.